The van der Waals surface area contributed by atoms with E-state index in [0.29, 0.717) is 37.6 Å². The van der Waals surface area contributed by atoms with Crippen LogP contribution in [0.3, 0.4) is 0 Å². The van der Waals surface area contributed by atoms with E-state index >= 15 is 0 Å². The summed E-state index contributed by atoms with van der Waals surface area (Å²) in [5, 5.41) is 12.6. The number of carbonyl (C=O) groups is 2. The van der Waals surface area contributed by atoms with Gasteiger partial charge in [0.2, 0.25) is 11.8 Å². The van der Waals surface area contributed by atoms with Gasteiger partial charge in [0.05, 0.1) is 0 Å². The molecule has 0 bridgehead atoms. The minimum Gasteiger partial charge on any atom is -0.481 e. The highest BCUT2D eigenvalue weighted by molar-refractivity contribution is 5.76. The Bertz CT molecular complexity index is 500. The van der Waals surface area contributed by atoms with Gasteiger partial charge in [0.1, 0.15) is 0 Å². The van der Waals surface area contributed by atoms with Crippen molar-refractivity contribution in [1.29, 1.82) is 0 Å². The third-order valence-electron chi connectivity index (χ3n) is 3.64. The fourth-order valence-corrected chi connectivity index (χ4v) is 2.56. The van der Waals surface area contributed by atoms with Crippen LogP contribution < -0.4 is 0 Å². The summed E-state index contributed by atoms with van der Waals surface area (Å²) in [6, 6.07) is 0. The monoisotopic (exact) mass is 295 g/mol. The largest absolute Gasteiger partial charge is 0.481 e. The second-order valence-electron chi connectivity index (χ2n) is 5.45. The molecule has 1 aliphatic heterocycles. The molecule has 0 aliphatic carbocycles. The first-order chi connectivity index (χ1) is 10.1. The molecule has 1 aliphatic rings. The molecule has 0 spiro atoms. The quantitative estimate of drug-likeness (QED) is 0.814. The van der Waals surface area contributed by atoms with E-state index in [4.69, 9.17) is 9.63 Å². The third-order valence-corrected chi connectivity index (χ3v) is 3.64. The van der Waals surface area contributed by atoms with Crippen LogP contribution in [0.5, 0.6) is 0 Å². The third kappa shape index (κ3) is 4.54. The summed E-state index contributed by atoms with van der Waals surface area (Å²) in [5.41, 5.74) is 0. The standard InChI is InChI=1S/C14H21N3O4/c1-2-3-11-15-12(21-16-11)4-5-13(18)17-7-6-10(9-17)8-14(19)20/h10H,2-9H2,1H3,(H,19,20). The molecule has 116 valence electrons. The number of aryl methyl sites for hydroxylation is 2. The Morgan fingerprint density at radius 3 is 2.95 bits per heavy atom. The highest BCUT2D eigenvalue weighted by Crippen LogP contribution is 2.20. The van der Waals surface area contributed by atoms with E-state index in [1.54, 1.807) is 4.90 Å². The molecule has 1 saturated heterocycles. The predicted molar refractivity (Wildman–Crippen MR) is 73.6 cm³/mol. The van der Waals surface area contributed by atoms with Gasteiger partial charge in [-0.2, -0.15) is 4.98 Å². The predicted octanol–water partition coefficient (Wildman–Crippen LogP) is 1.28. The molecule has 1 fully saturated rings. The Hall–Kier alpha value is -1.92. The lowest BCUT2D eigenvalue weighted by Crippen LogP contribution is -2.29. The van der Waals surface area contributed by atoms with Crippen molar-refractivity contribution in [1.82, 2.24) is 15.0 Å². The van der Waals surface area contributed by atoms with Crippen LogP contribution in [0.4, 0.5) is 0 Å². The van der Waals surface area contributed by atoms with Gasteiger partial charge >= 0.3 is 5.97 Å². The summed E-state index contributed by atoms with van der Waals surface area (Å²) in [7, 11) is 0. The fraction of sp³-hybridized carbons (Fsp3) is 0.714. The normalized spacial score (nSPS) is 18.1. The Morgan fingerprint density at radius 1 is 1.43 bits per heavy atom. The number of hydrogen-bond acceptors (Lipinski definition) is 5. The fourth-order valence-electron chi connectivity index (χ4n) is 2.56. The van der Waals surface area contributed by atoms with Gasteiger partial charge in [0.25, 0.3) is 0 Å². The molecule has 0 radical (unpaired) electrons. The van der Waals surface area contributed by atoms with Crippen LogP contribution in [-0.2, 0) is 22.4 Å². The SMILES string of the molecule is CCCc1noc(CCC(=O)N2CCC(CC(=O)O)C2)n1. The van der Waals surface area contributed by atoms with Crippen molar-refractivity contribution in [3.63, 3.8) is 0 Å². The highest BCUT2D eigenvalue weighted by atomic mass is 16.5. The number of carbonyl (C=O) groups excluding carboxylic acids is 1. The number of nitrogens with zero attached hydrogens (tertiary/aromatic N) is 3. The molecular weight excluding hydrogens is 274 g/mol. The molecule has 2 heterocycles. The first-order valence-corrected chi connectivity index (χ1v) is 7.39. The van der Waals surface area contributed by atoms with Gasteiger partial charge in [-0.3, -0.25) is 9.59 Å². The van der Waals surface area contributed by atoms with Gasteiger partial charge in [-0.15, -0.1) is 0 Å². The Kier molecular flexibility index (Phi) is 5.30. The summed E-state index contributed by atoms with van der Waals surface area (Å²) in [5.74, 6) is 0.475. The molecular formula is C14H21N3O4. The summed E-state index contributed by atoms with van der Waals surface area (Å²) in [4.78, 5) is 28.7. The van der Waals surface area contributed by atoms with Crippen molar-refractivity contribution in [2.75, 3.05) is 13.1 Å². The molecule has 1 aromatic heterocycles. The van der Waals surface area contributed by atoms with E-state index in [0.717, 1.165) is 19.3 Å². The van der Waals surface area contributed by atoms with Crippen LogP contribution >= 0.6 is 0 Å². The maximum atomic E-state index is 12.1. The number of rotatable bonds is 7. The van der Waals surface area contributed by atoms with Gasteiger partial charge in [0.15, 0.2) is 5.82 Å². The number of likely N-dealkylation sites (tertiary alicyclic amines) is 1. The lowest BCUT2D eigenvalue weighted by Gasteiger charge is -2.15. The highest BCUT2D eigenvalue weighted by Gasteiger charge is 2.27. The zero-order valence-electron chi connectivity index (χ0n) is 12.2. The van der Waals surface area contributed by atoms with E-state index in [1.807, 2.05) is 6.92 Å². The van der Waals surface area contributed by atoms with E-state index in [-0.39, 0.29) is 18.2 Å². The first-order valence-electron chi connectivity index (χ1n) is 7.39. The minimum absolute atomic E-state index is 0.0260. The molecule has 21 heavy (non-hydrogen) atoms. The van der Waals surface area contributed by atoms with Gasteiger partial charge in [-0.1, -0.05) is 12.1 Å². The number of carboxylic acid groups (broad SMARTS) is 1. The minimum atomic E-state index is -0.802. The summed E-state index contributed by atoms with van der Waals surface area (Å²) in [6.45, 7) is 3.22. The smallest absolute Gasteiger partial charge is 0.303 e. The van der Waals surface area contributed by atoms with Crippen molar-refractivity contribution >= 4 is 11.9 Å². The summed E-state index contributed by atoms with van der Waals surface area (Å²) >= 11 is 0. The van der Waals surface area contributed by atoms with Crippen LogP contribution in [-0.4, -0.2) is 45.1 Å². The Morgan fingerprint density at radius 2 is 2.24 bits per heavy atom. The van der Waals surface area contributed by atoms with E-state index < -0.39 is 5.97 Å². The molecule has 7 heteroatoms. The second kappa shape index (κ2) is 7.19. The Labute approximate surface area is 123 Å². The molecule has 1 aromatic rings. The number of amides is 1. The lowest BCUT2D eigenvalue weighted by atomic mass is 10.1. The number of aromatic nitrogens is 2. The van der Waals surface area contributed by atoms with Crippen LogP contribution in [0.2, 0.25) is 0 Å². The zero-order chi connectivity index (χ0) is 15.2. The molecule has 1 unspecified atom stereocenters. The Balaban J connectivity index is 1.75. The van der Waals surface area contributed by atoms with Gasteiger partial charge in [0, 0.05) is 38.8 Å². The van der Waals surface area contributed by atoms with E-state index in [2.05, 4.69) is 10.1 Å². The zero-order valence-corrected chi connectivity index (χ0v) is 12.2. The topological polar surface area (TPSA) is 96.5 Å². The molecule has 1 atom stereocenters. The molecule has 2 rings (SSSR count). The van der Waals surface area contributed by atoms with Crippen molar-refractivity contribution < 1.29 is 19.2 Å². The van der Waals surface area contributed by atoms with Crippen LogP contribution in [0.15, 0.2) is 4.52 Å². The average molecular weight is 295 g/mol. The van der Waals surface area contributed by atoms with E-state index in [1.165, 1.54) is 0 Å². The van der Waals surface area contributed by atoms with Gasteiger partial charge < -0.3 is 14.5 Å². The molecule has 0 saturated carbocycles. The number of hydrogen-bond donors (Lipinski definition) is 1. The summed E-state index contributed by atoms with van der Waals surface area (Å²) < 4.78 is 5.09. The van der Waals surface area contributed by atoms with Crippen molar-refractivity contribution in [3.05, 3.63) is 11.7 Å². The van der Waals surface area contributed by atoms with Crippen LogP contribution in [0.1, 0.15) is 44.3 Å². The number of carboxylic acids is 1. The first kappa shape index (κ1) is 15.5. The van der Waals surface area contributed by atoms with Crippen LogP contribution in [0.25, 0.3) is 0 Å². The lowest BCUT2D eigenvalue weighted by molar-refractivity contribution is -0.138. The van der Waals surface area contributed by atoms with Gasteiger partial charge in [-0.05, 0) is 18.8 Å². The van der Waals surface area contributed by atoms with Crippen LogP contribution in [0, 0.1) is 5.92 Å². The summed E-state index contributed by atoms with van der Waals surface area (Å²) in [6.07, 6.45) is 3.40. The van der Waals surface area contributed by atoms with Crippen molar-refractivity contribution in [3.8, 4) is 0 Å². The van der Waals surface area contributed by atoms with Crippen molar-refractivity contribution in [2.24, 2.45) is 5.92 Å². The number of aliphatic carboxylic acids is 1. The van der Waals surface area contributed by atoms with E-state index in [9.17, 15) is 9.59 Å². The maximum Gasteiger partial charge on any atom is 0.303 e. The maximum absolute atomic E-state index is 12.1. The van der Waals surface area contributed by atoms with Crippen molar-refractivity contribution in [2.45, 2.75) is 45.4 Å². The molecule has 7 nitrogen and oxygen atoms in total. The molecule has 1 N–H and O–H groups in total. The van der Waals surface area contributed by atoms with Gasteiger partial charge in [-0.25, -0.2) is 0 Å². The average Bonchev–Trinajstić information content (AvgIpc) is 3.05. The second-order valence-corrected chi connectivity index (χ2v) is 5.45. The molecule has 0 aromatic carbocycles. The molecule has 1 amide bonds.